The van der Waals surface area contributed by atoms with Crippen molar-refractivity contribution >= 4 is 11.7 Å². The van der Waals surface area contributed by atoms with Crippen LogP contribution in [0.25, 0.3) is 0 Å². The van der Waals surface area contributed by atoms with Gasteiger partial charge >= 0.3 is 0 Å². The Kier molecular flexibility index (Phi) is 8.51. The van der Waals surface area contributed by atoms with Gasteiger partial charge in [0.25, 0.3) is 5.91 Å². The quantitative estimate of drug-likeness (QED) is 0.300. The average Bonchev–Trinajstić information content (AvgIpc) is 3.04. The van der Waals surface area contributed by atoms with E-state index in [1.807, 2.05) is 55.3 Å². The van der Waals surface area contributed by atoms with Crippen molar-refractivity contribution in [2.24, 2.45) is 23.2 Å². The predicted molar refractivity (Wildman–Crippen MR) is 177 cm³/mol. The van der Waals surface area contributed by atoms with E-state index < -0.39 is 0 Å². The normalized spacial score (nSPS) is 25.5. The average molecular weight is 604 g/mol. The lowest BCUT2D eigenvalue weighted by Gasteiger charge is -2.57. The van der Waals surface area contributed by atoms with E-state index in [1.54, 1.807) is 0 Å². The molecule has 5 aliphatic rings. The molecule has 0 atom stereocenters. The molecule has 45 heavy (non-hydrogen) atoms. The number of aromatic nitrogens is 2. The molecule has 4 saturated carbocycles. The molecule has 1 aromatic heterocycles. The number of piperazine rings is 1. The summed E-state index contributed by atoms with van der Waals surface area (Å²) in [5.41, 5.74) is 4.02. The van der Waals surface area contributed by atoms with E-state index in [4.69, 9.17) is 4.74 Å². The van der Waals surface area contributed by atoms with Crippen LogP contribution in [0.2, 0.25) is 0 Å². The van der Waals surface area contributed by atoms with E-state index in [2.05, 4.69) is 56.1 Å². The Morgan fingerprint density at radius 3 is 2.33 bits per heavy atom. The zero-order valence-electron chi connectivity index (χ0n) is 26.8. The van der Waals surface area contributed by atoms with E-state index >= 15 is 0 Å². The van der Waals surface area contributed by atoms with Crippen LogP contribution in [0.1, 0.15) is 72.6 Å². The summed E-state index contributed by atoms with van der Waals surface area (Å²) in [7, 11) is 1.96. The van der Waals surface area contributed by atoms with E-state index in [1.165, 1.54) is 44.1 Å². The molecule has 1 aliphatic heterocycles. The molecule has 7 nitrogen and oxygen atoms in total. The fourth-order valence-electron chi connectivity index (χ4n) is 8.99. The van der Waals surface area contributed by atoms with Gasteiger partial charge in [0.15, 0.2) is 11.5 Å². The van der Waals surface area contributed by atoms with Gasteiger partial charge in [-0.15, -0.1) is 10.2 Å². The molecule has 4 aliphatic carbocycles. The van der Waals surface area contributed by atoms with Crippen LogP contribution in [-0.2, 0) is 6.54 Å². The molecular weight excluding hydrogens is 558 g/mol. The van der Waals surface area contributed by atoms with Gasteiger partial charge in [-0.25, -0.2) is 0 Å². The van der Waals surface area contributed by atoms with Crippen LogP contribution in [0.5, 0.6) is 5.75 Å². The van der Waals surface area contributed by atoms with Crippen LogP contribution in [-0.4, -0.2) is 72.3 Å². The van der Waals surface area contributed by atoms with Gasteiger partial charge in [-0.2, -0.15) is 0 Å². The molecular formula is C38H45N5O2. The molecule has 0 N–H and O–H groups in total. The highest BCUT2D eigenvalue weighted by atomic mass is 16.5. The fourth-order valence-corrected chi connectivity index (χ4v) is 8.99. The first kappa shape index (κ1) is 29.8. The highest BCUT2D eigenvalue weighted by Gasteiger charge is 2.51. The van der Waals surface area contributed by atoms with E-state index in [-0.39, 0.29) is 5.91 Å². The van der Waals surface area contributed by atoms with Crippen molar-refractivity contribution in [2.75, 3.05) is 51.3 Å². The van der Waals surface area contributed by atoms with Crippen LogP contribution in [0.4, 0.5) is 5.82 Å². The summed E-state index contributed by atoms with van der Waals surface area (Å²) in [4.78, 5) is 20.0. The van der Waals surface area contributed by atoms with Gasteiger partial charge < -0.3 is 14.5 Å². The summed E-state index contributed by atoms with van der Waals surface area (Å²) in [6.45, 7) is 7.93. The van der Waals surface area contributed by atoms with Gasteiger partial charge in [0, 0.05) is 57.4 Å². The van der Waals surface area contributed by atoms with Crippen molar-refractivity contribution < 1.29 is 9.53 Å². The number of benzene rings is 2. The lowest BCUT2D eigenvalue weighted by atomic mass is 9.49. The van der Waals surface area contributed by atoms with Gasteiger partial charge in [-0.1, -0.05) is 36.1 Å². The molecule has 2 heterocycles. The zero-order chi connectivity index (χ0) is 30.8. The van der Waals surface area contributed by atoms with E-state index in [0.29, 0.717) is 17.7 Å². The number of rotatable bonds is 8. The lowest BCUT2D eigenvalue weighted by Crippen LogP contribution is -2.51. The molecule has 0 unspecified atom stereocenters. The second kappa shape index (κ2) is 12.8. The molecule has 1 saturated heterocycles. The maximum atomic E-state index is 13.4. The van der Waals surface area contributed by atoms with Gasteiger partial charge in [0.05, 0.1) is 6.61 Å². The second-order valence-corrected chi connectivity index (χ2v) is 14.0. The third-order valence-corrected chi connectivity index (χ3v) is 10.5. The van der Waals surface area contributed by atoms with Gasteiger partial charge in [0.1, 0.15) is 5.75 Å². The molecule has 8 rings (SSSR count). The summed E-state index contributed by atoms with van der Waals surface area (Å²) >= 11 is 0. The molecule has 2 aromatic carbocycles. The molecule has 0 radical (unpaired) electrons. The Morgan fingerprint density at radius 2 is 1.64 bits per heavy atom. The Morgan fingerprint density at radius 1 is 0.911 bits per heavy atom. The zero-order valence-corrected chi connectivity index (χ0v) is 26.8. The lowest BCUT2D eigenvalue weighted by molar-refractivity contribution is -0.0629. The van der Waals surface area contributed by atoms with Crippen molar-refractivity contribution in [1.29, 1.82) is 0 Å². The van der Waals surface area contributed by atoms with Crippen molar-refractivity contribution in [3.8, 4) is 17.6 Å². The molecule has 0 spiro atoms. The fraction of sp³-hybridized carbons (Fsp3) is 0.500. The van der Waals surface area contributed by atoms with Crippen molar-refractivity contribution in [3.63, 3.8) is 0 Å². The third-order valence-electron chi connectivity index (χ3n) is 10.5. The first-order valence-electron chi connectivity index (χ1n) is 16.8. The number of hydrogen-bond donors (Lipinski definition) is 0. The maximum Gasteiger partial charge on any atom is 0.274 e. The van der Waals surface area contributed by atoms with Crippen LogP contribution >= 0.6 is 0 Å². The number of carbonyl (C=O) groups is 1. The monoisotopic (exact) mass is 603 g/mol. The first-order chi connectivity index (χ1) is 21.9. The predicted octanol–water partition coefficient (Wildman–Crippen LogP) is 5.89. The molecule has 5 fully saturated rings. The highest BCUT2D eigenvalue weighted by molar-refractivity contribution is 5.92. The Bertz CT molecular complexity index is 1530. The van der Waals surface area contributed by atoms with E-state index in [9.17, 15) is 4.79 Å². The first-order valence-corrected chi connectivity index (χ1v) is 16.8. The smallest absolute Gasteiger partial charge is 0.274 e. The topological polar surface area (TPSA) is 61.8 Å². The van der Waals surface area contributed by atoms with Gasteiger partial charge in [0.2, 0.25) is 0 Å². The van der Waals surface area contributed by atoms with Crippen LogP contribution in [0, 0.1) is 35.0 Å². The number of carbonyl (C=O) groups excluding carboxylic acids is 1. The SMILES string of the molecule is CCOc1cccc(C#Cc2ccccc2CN2CCN(c3ccc(C(=O)N(C)CC45CC6CC(CC(C6)C4)C5)nn3)CC2)c1. The van der Waals surface area contributed by atoms with Gasteiger partial charge in [-0.05, 0) is 111 Å². The Labute approximate surface area is 268 Å². The van der Waals surface area contributed by atoms with Crippen LogP contribution < -0.4 is 9.64 Å². The summed E-state index contributed by atoms with van der Waals surface area (Å²) < 4.78 is 5.63. The van der Waals surface area contributed by atoms with Crippen LogP contribution in [0.15, 0.2) is 60.7 Å². The van der Waals surface area contributed by atoms with Gasteiger partial charge in [-0.3, -0.25) is 9.69 Å². The highest BCUT2D eigenvalue weighted by Crippen LogP contribution is 2.60. The number of ether oxygens (including phenoxy) is 1. The molecule has 234 valence electrons. The number of amides is 1. The van der Waals surface area contributed by atoms with E-state index in [0.717, 1.165) is 79.7 Å². The summed E-state index contributed by atoms with van der Waals surface area (Å²) in [5, 5.41) is 8.92. The van der Waals surface area contributed by atoms with Crippen LogP contribution in [0.3, 0.4) is 0 Å². The Balaban J connectivity index is 0.928. The van der Waals surface area contributed by atoms with Crippen molar-refractivity contribution in [3.05, 3.63) is 83.0 Å². The molecule has 7 heteroatoms. The third kappa shape index (κ3) is 6.72. The number of anilines is 1. The molecule has 4 bridgehead atoms. The number of hydrogen-bond acceptors (Lipinski definition) is 6. The second-order valence-electron chi connectivity index (χ2n) is 14.0. The minimum atomic E-state index is -0.00150. The summed E-state index contributed by atoms with van der Waals surface area (Å²) in [5.74, 6) is 11.1. The largest absolute Gasteiger partial charge is 0.494 e. The van der Waals surface area contributed by atoms with Crippen molar-refractivity contribution in [1.82, 2.24) is 20.0 Å². The summed E-state index contributed by atoms with van der Waals surface area (Å²) in [6.07, 6.45) is 8.17. The minimum absolute atomic E-state index is 0.00150. The minimum Gasteiger partial charge on any atom is -0.494 e. The standard InChI is InChI=1S/C38H45N5O2/c1-3-45-34-10-6-7-28(22-34)11-12-32-8-4-5-9-33(32)26-42-15-17-43(18-16-42)36-14-13-35(39-40-36)37(44)41(2)27-38-23-29-19-30(24-38)21-31(20-29)25-38/h4-10,13-14,22,29-31H,3,15-21,23-27H2,1-2H3. The maximum absolute atomic E-state index is 13.4. The molecule has 3 aromatic rings. The molecule has 1 amide bonds. The summed E-state index contributed by atoms with van der Waals surface area (Å²) in [6, 6.07) is 20.2. The Hall–Kier alpha value is -3.89. The number of nitrogens with zero attached hydrogens (tertiary/aromatic N) is 5. The van der Waals surface area contributed by atoms with Crippen molar-refractivity contribution in [2.45, 2.75) is 52.0 Å².